The highest BCUT2D eigenvalue weighted by atomic mass is 16.5. The lowest BCUT2D eigenvalue weighted by molar-refractivity contribution is 0.000601. The van der Waals surface area contributed by atoms with E-state index in [0.29, 0.717) is 19.0 Å². The summed E-state index contributed by atoms with van der Waals surface area (Å²) < 4.78 is 5.51. The molecule has 0 unspecified atom stereocenters. The maximum Gasteiger partial charge on any atom is 0.339 e. The van der Waals surface area contributed by atoms with Crippen molar-refractivity contribution in [1.82, 2.24) is 4.98 Å². The van der Waals surface area contributed by atoms with Crippen LogP contribution in [0.4, 0.5) is 5.82 Å². The Bertz CT molecular complexity index is 391. The fourth-order valence-corrected chi connectivity index (χ4v) is 1.46. The van der Waals surface area contributed by atoms with E-state index in [1.807, 2.05) is 20.8 Å². The molecule has 0 bridgehead atoms. The van der Waals surface area contributed by atoms with Gasteiger partial charge in [0.1, 0.15) is 11.4 Å². The molecule has 1 aromatic heterocycles. The number of aromatic nitrogens is 1. The Labute approximate surface area is 101 Å². The molecule has 0 atom stereocenters. The minimum atomic E-state index is -0.991. The fraction of sp³-hybridized carbons (Fsp3) is 0.500. The van der Waals surface area contributed by atoms with Gasteiger partial charge < -0.3 is 15.2 Å². The number of hydrogen-bond donors (Lipinski definition) is 2. The summed E-state index contributed by atoms with van der Waals surface area (Å²) in [6.07, 6.45) is 1.56. The number of rotatable bonds is 6. The molecule has 94 valence electrons. The van der Waals surface area contributed by atoms with Crippen LogP contribution in [0.1, 0.15) is 31.1 Å². The zero-order chi connectivity index (χ0) is 12.9. The van der Waals surface area contributed by atoms with Crippen LogP contribution in [0, 0.1) is 0 Å². The topological polar surface area (TPSA) is 71.5 Å². The van der Waals surface area contributed by atoms with Crippen LogP contribution in [0.3, 0.4) is 0 Å². The minimum Gasteiger partial charge on any atom is -0.478 e. The number of carbonyl (C=O) groups is 1. The largest absolute Gasteiger partial charge is 0.478 e. The molecule has 0 radical (unpaired) electrons. The van der Waals surface area contributed by atoms with Crippen LogP contribution in [0.15, 0.2) is 18.3 Å². The predicted octanol–water partition coefficient (Wildman–Crippen LogP) is 2.01. The highest BCUT2D eigenvalue weighted by molar-refractivity contribution is 5.92. The second kappa shape index (κ2) is 5.63. The number of anilines is 1. The quantitative estimate of drug-likeness (QED) is 0.793. The van der Waals surface area contributed by atoms with Crippen LogP contribution in [-0.2, 0) is 4.74 Å². The van der Waals surface area contributed by atoms with E-state index in [2.05, 4.69) is 10.3 Å². The molecule has 0 aliphatic carbocycles. The van der Waals surface area contributed by atoms with Crippen molar-refractivity contribution in [3.05, 3.63) is 23.9 Å². The number of aromatic carboxylic acids is 1. The summed E-state index contributed by atoms with van der Waals surface area (Å²) in [7, 11) is 0. The number of carboxylic acid groups (broad SMARTS) is 1. The lowest BCUT2D eigenvalue weighted by atomic mass is 10.1. The van der Waals surface area contributed by atoms with Gasteiger partial charge in [-0.25, -0.2) is 9.78 Å². The zero-order valence-electron chi connectivity index (χ0n) is 10.4. The Hall–Kier alpha value is -1.62. The Kier molecular flexibility index (Phi) is 4.45. The summed E-state index contributed by atoms with van der Waals surface area (Å²) in [6, 6.07) is 3.12. The van der Waals surface area contributed by atoms with E-state index in [1.54, 1.807) is 12.3 Å². The zero-order valence-corrected chi connectivity index (χ0v) is 10.4. The third-order valence-corrected chi connectivity index (χ3v) is 2.25. The van der Waals surface area contributed by atoms with Crippen molar-refractivity contribution in [2.24, 2.45) is 0 Å². The van der Waals surface area contributed by atoms with Crippen LogP contribution < -0.4 is 5.32 Å². The third-order valence-electron chi connectivity index (χ3n) is 2.25. The monoisotopic (exact) mass is 238 g/mol. The molecule has 0 aromatic carbocycles. The third kappa shape index (κ3) is 4.03. The van der Waals surface area contributed by atoms with Gasteiger partial charge in [0.05, 0.1) is 5.60 Å². The van der Waals surface area contributed by atoms with Crippen LogP contribution in [0.25, 0.3) is 0 Å². The highest BCUT2D eigenvalue weighted by Gasteiger charge is 2.19. The molecule has 0 aliphatic rings. The first kappa shape index (κ1) is 13.4. The lowest BCUT2D eigenvalue weighted by Gasteiger charge is -2.25. The predicted molar refractivity (Wildman–Crippen MR) is 65.4 cm³/mol. The van der Waals surface area contributed by atoms with Crippen molar-refractivity contribution >= 4 is 11.8 Å². The number of ether oxygens (including phenoxy) is 1. The molecule has 0 amide bonds. The molecule has 0 saturated heterocycles. The van der Waals surface area contributed by atoms with Gasteiger partial charge in [0.25, 0.3) is 0 Å². The number of carboxylic acids is 1. The maximum atomic E-state index is 11.0. The molecule has 5 nitrogen and oxygen atoms in total. The van der Waals surface area contributed by atoms with E-state index >= 15 is 0 Å². The van der Waals surface area contributed by atoms with Gasteiger partial charge in [-0.3, -0.25) is 0 Å². The molecule has 1 rings (SSSR count). The van der Waals surface area contributed by atoms with E-state index in [1.165, 1.54) is 6.07 Å². The molecule has 5 heteroatoms. The molecule has 2 N–H and O–H groups in total. The van der Waals surface area contributed by atoms with Crippen molar-refractivity contribution in [1.29, 1.82) is 0 Å². The Morgan fingerprint density at radius 1 is 1.59 bits per heavy atom. The molecule has 1 aromatic rings. The summed E-state index contributed by atoms with van der Waals surface area (Å²) in [5, 5.41) is 12.0. The number of pyridine rings is 1. The highest BCUT2D eigenvalue weighted by Crippen LogP contribution is 2.14. The molecule has 17 heavy (non-hydrogen) atoms. The van der Waals surface area contributed by atoms with Crippen LogP contribution in [-0.4, -0.2) is 34.8 Å². The van der Waals surface area contributed by atoms with E-state index in [0.717, 1.165) is 0 Å². The molecular weight excluding hydrogens is 220 g/mol. The number of nitrogens with zero attached hydrogens (tertiary/aromatic N) is 1. The maximum absolute atomic E-state index is 11.0. The van der Waals surface area contributed by atoms with Gasteiger partial charge in [-0.1, -0.05) is 0 Å². The normalized spacial score (nSPS) is 11.2. The van der Waals surface area contributed by atoms with Crippen molar-refractivity contribution in [2.75, 3.05) is 18.5 Å². The molecule has 0 aliphatic heterocycles. The Balaban J connectivity index is 2.72. The second-order valence-electron chi connectivity index (χ2n) is 4.25. The first-order valence-electron chi connectivity index (χ1n) is 5.52. The average molecular weight is 238 g/mol. The smallest absolute Gasteiger partial charge is 0.339 e. The molecular formula is C12H18N2O3. The Morgan fingerprint density at radius 3 is 2.88 bits per heavy atom. The van der Waals surface area contributed by atoms with Gasteiger partial charge in [-0.2, -0.15) is 0 Å². The Morgan fingerprint density at radius 2 is 2.29 bits per heavy atom. The molecule has 0 fully saturated rings. The summed E-state index contributed by atoms with van der Waals surface area (Å²) in [6.45, 7) is 6.91. The van der Waals surface area contributed by atoms with Gasteiger partial charge in [0.15, 0.2) is 0 Å². The van der Waals surface area contributed by atoms with Gasteiger partial charge in [0, 0.05) is 19.3 Å². The summed E-state index contributed by atoms with van der Waals surface area (Å²) in [5.74, 6) is -0.623. The SMILES string of the molecule is CCOC(C)(C)CNc1ncccc1C(=O)O. The van der Waals surface area contributed by atoms with Gasteiger partial charge in [-0.15, -0.1) is 0 Å². The van der Waals surface area contributed by atoms with Crippen molar-refractivity contribution in [3.63, 3.8) is 0 Å². The van der Waals surface area contributed by atoms with Gasteiger partial charge >= 0.3 is 5.97 Å². The number of nitrogens with one attached hydrogen (secondary N) is 1. The van der Waals surface area contributed by atoms with E-state index < -0.39 is 5.97 Å². The second-order valence-corrected chi connectivity index (χ2v) is 4.25. The van der Waals surface area contributed by atoms with Crippen LogP contribution in [0.2, 0.25) is 0 Å². The first-order valence-corrected chi connectivity index (χ1v) is 5.52. The first-order chi connectivity index (χ1) is 7.96. The molecule has 1 heterocycles. The van der Waals surface area contributed by atoms with Gasteiger partial charge in [0.2, 0.25) is 0 Å². The molecule has 0 saturated carbocycles. The van der Waals surface area contributed by atoms with Crippen molar-refractivity contribution in [3.8, 4) is 0 Å². The standard InChI is InChI=1S/C12H18N2O3/c1-4-17-12(2,3)8-14-10-9(11(15)16)6-5-7-13-10/h5-7H,4,8H2,1-3H3,(H,13,14)(H,15,16). The van der Waals surface area contributed by atoms with E-state index in [4.69, 9.17) is 9.84 Å². The van der Waals surface area contributed by atoms with Crippen molar-refractivity contribution < 1.29 is 14.6 Å². The average Bonchev–Trinajstić information content (AvgIpc) is 2.27. The van der Waals surface area contributed by atoms with Crippen LogP contribution in [0.5, 0.6) is 0 Å². The van der Waals surface area contributed by atoms with Crippen molar-refractivity contribution in [2.45, 2.75) is 26.4 Å². The number of hydrogen-bond acceptors (Lipinski definition) is 4. The van der Waals surface area contributed by atoms with E-state index in [9.17, 15) is 4.79 Å². The summed E-state index contributed by atoms with van der Waals surface area (Å²) >= 11 is 0. The lowest BCUT2D eigenvalue weighted by Crippen LogP contribution is -2.34. The molecule has 0 spiro atoms. The summed E-state index contributed by atoms with van der Waals surface area (Å²) in [4.78, 5) is 15.0. The van der Waals surface area contributed by atoms with E-state index in [-0.39, 0.29) is 11.2 Å². The fourth-order valence-electron chi connectivity index (χ4n) is 1.46. The van der Waals surface area contributed by atoms with Gasteiger partial charge in [-0.05, 0) is 32.9 Å². The minimum absolute atomic E-state index is 0.166. The summed E-state index contributed by atoms with van der Waals surface area (Å²) in [5.41, 5.74) is -0.193. The van der Waals surface area contributed by atoms with Crippen LogP contribution >= 0.6 is 0 Å².